The molecule has 1 aromatic rings. The second-order valence-electron chi connectivity index (χ2n) is 8.05. The van der Waals surface area contributed by atoms with Crippen molar-refractivity contribution >= 4 is 29.4 Å². The maximum Gasteiger partial charge on any atom is 0.249 e. The first-order valence-electron chi connectivity index (χ1n) is 9.54. The number of amides is 2. The van der Waals surface area contributed by atoms with Crippen molar-refractivity contribution < 1.29 is 14.7 Å². The molecule has 0 aromatic heterocycles. The Balaban J connectivity index is 1.87. The van der Waals surface area contributed by atoms with E-state index in [4.69, 9.17) is 0 Å². The Bertz CT molecular complexity index is 622. The molecule has 2 amide bonds. The largest absolute Gasteiger partial charge is 0.394 e. The third-order valence-corrected chi connectivity index (χ3v) is 5.61. The predicted octanol–water partition coefficient (Wildman–Crippen LogP) is 3.08. The Morgan fingerprint density at radius 2 is 1.78 bits per heavy atom. The summed E-state index contributed by atoms with van der Waals surface area (Å²) in [7, 11) is 0. The number of hydrogen-bond donors (Lipinski definition) is 4. The van der Waals surface area contributed by atoms with Crippen LogP contribution in [0, 0.1) is 5.92 Å². The maximum atomic E-state index is 12.4. The molecule has 0 aliphatic heterocycles. The van der Waals surface area contributed by atoms with Crippen molar-refractivity contribution in [2.24, 2.45) is 5.92 Å². The third kappa shape index (κ3) is 7.52. The fraction of sp³-hybridized carbons (Fsp3) is 0.600. The van der Waals surface area contributed by atoms with Crippen LogP contribution in [-0.2, 0) is 9.59 Å². The molecule has 27 heavy (non-hydrogen) atoms. The van der Waals surface area contributed by atoms with Crippen molar-refractivity contribution in [1.29, 1.82) is 0 Å². The van der Waals surface area contributed by atoms with E-state index in [1.807, 2.05) is 24.3 Å². The van der Waals surface area contributed by atoms with Crippen LogP contribution in [0.15, 0.2) is 29.2 Å². The molecule has 4 N–H and O–H groups in total. The molecule has 1 fully saturated rings. The van der Waals surface area contributed by atoms with Crippen LogP contribution in [0.2, 0.25) is 0 Å². The van der Waals surface area contributed by atoms with E-state index in [1.165, 1.54) is 11.9 Å². The van der Waals surface area contributed by atoms with Gasteiger partial charge >= 0.3 is 0 Å². The fourth-order valence-electron chi connectivity index (χ4n) is 2.90. The number of benzene rings is 1. The summed E-state index contributed by atoms with van der Waals surface area (Å²) < 4.78 is 3.33. The smallest absolute Gasteiger partial charge is 0.249 e. The van der Waals surface area contributed by atoms with Gasteiger partial charge in [-0.1, -0.05) is 19.3 Å². The van der Waals surface area contributed by atoms with Crippen LogP contribution in [0.1, 0.15) is 52.9 Å². The Hall–Kier alpha value is -1.57. The van der Waals surface area contributed by atoms with Crippen molar-refractivity contribution in [2.75, 3.05) is 11.9 Å². The summed E-state index contributed by atoms with van der Waals surface area (Å²) in [6, 6.07) is 6.50. The van der Waals surface area contributed by atoms with Gasteiger partial charge in [0, 0.05) is 22.0 Å². The lowest BCUT2D eigenvalue weighted by Gasteiger charge is -2.23. The summed E-state index contributed by atoms with van der Waals surface area (Å²) in [6.45, 7) is 5.84. The molecule has 1 aliphatic carbocycles. The van der Waals surface area contributed by atoms with Crippen molar-refractivity contribution in [3.05, 3.63) is 24.3 Å². The first-order valence-corrected chi connectivity index (χ1v) is 10.4. The molecule has 1 aromatic carbocycles. The number of rotatable bonds is 7. The number of hydrogen-bond acceptors (Lipinski definition) is 5. The summed E-state index contributed by atoms with van der Waals surface area (Å²) in [5.74, 6) is -0.592. The standard InChI is InChI=1S/C20H31N3O3S/c1-20(2,3)23-27-16-11-9-15(10-12-16)21-19(26)17(13-24)22-18(25)14-7-5-4-6-8-14/h9-12,14,17,23-24H,4-8,13H2,1-3H3,(H,21,26)(H,22,25)/t17-/m0/s1. The van der Waals surface area contributed by atoms with E-state index >= 15 is 0 Å². The van der Waals surface area contributed by atoms with Gasteiger partial charge in [0.1, 0.15) is 6.04 Å². The number of carbonyl (C=O) groups excluding carboxylic acids is 2. The number of carbonyl (C=O) groups is 2. The summed E-state index contributed by atoms with van der Waals surface area (Å²) in [6.07, 6.45) is 4.96. The highest BCUT2D eigenvalue weighted by molar-refractivity contribution is 7.97. The summed E-state index contributed by atoms with van der Waals surface area (Å²) in [5, 5.41) is 15.0. The maximum absolute atomic E-state index is 12.4. The summed E-state index contributed by atoms with van der Waals surface area (Å²) in [4.78, 5) is 25.7. The minimum atomic E-state index is -0.934. The quantitative estimate of drug-likeness (QED) is 0.535. The topological polar surface area (TPSA) is 90.5 Å². The molecule has 2 rings (SSSR count). The molecule has 150 valence electrons. The first-order chi connectivity index (χ1) is 12.8. The lowest BCUT2D eigenvalue weighted by atomic mass is 9.88. The van der Waals surface area contributed by atoms with Crippen LogP contribution in [0.25, 0.3) is 0 Å². The number of aliphatic hydroxyl groups excluding tert-OH is 1. The molecule has 0 unspecified atom stereocenters. The van der Waals surface area contributed by atoms with E-state index in [2.05, 4.69) is 36.1 Å². The number of aliphatic hydroxyl groups is 1. The molecular formula is C20H31N3O3S. The predicted molar refractivity (Wildman–Crippen MR) is 109 cm³/mol. The lowest BCUT2D eigenvalue weighted by molar-refractivity contribution is -0.130. The molecule has 0 bridgehead atoms. The molecule has 1 saturated carbocycles. The molecule has 6 nitrogen and oxygen atoms in total. The normalized spacial score (nSPS) is 16.6. The molecule has 1 atom stereocenters. The van der Waals surface area contributed by atoms with Crippen molar-refractivity contribution in [3.8, 4) is 0 Å². The van der Waals surface area contributed by atoms with Crippen LogP contribution in [0.5, 0.6) is 0 Å². The van der Waals surface area contributed by atoms with Gasteiger partial charge in [-0.2, -0.15) is 0 Å². The fourth-order valence-corrected chi connectivity index (χ4v) is 3.59. The second kappa shape index (κ2) is 10.1. The molecule has 7 heteroatoms. The van der Waals surface area contributed by atoms with Crippen LogP contribution < -0.4 is 15.4 Å². The average Bonchev–Trinajstić information content (AvgIpc) is 2.65. The van der Waals surface area contributed by atoms with Gasteiger partial charge in [0.25, 0.3) is 0 Å². The van der Waals surface area contributed by atoms with E-state index in [0.717, 1.165) is 37.0 Å². The second-order valence-corrected chi connectivity index (χ2v) is 8.93. The molecule has 0 radical (unpaired) electrons. The Morgan fingerprint density at radius 3 is 2.33 bits per heavy atom. The Kier molecular flexibility index (Phi) is 8.13. The zero-order chi connectivity index (χ0) is 19.9. The van der Waals surface area contributed by atoms with Crippen LogP contribution in [0.4, 0.5) is 5.69 Å². The number of anilines is 1. The molecule has 0 spiro atoms. The minimum absolute atomic E-state index is 0.00242. The molecule has 0 saturated heterocycles. The molecular weight excluding hydrogens is 362 g/mol. The highest BCUT2D eigenvalue weighted by Gasteiger charge is 2.26. The third-order valence-electron chi connectivity index (χ3n) is 4.39. The van der Waals surface area contributed by atoms with E-state index in [-0.39, 0.29) is 17.4 Å². The van der Waals surface area contributed by atoms with Crippen molar-refractivity contribution in [1.82, 2.24) is 10.0 Å². The van der Waals surface area contributed by atoms with Crippen LogP contribution >= 0.6 is 11.9 Å². The van der Waals surface area contributed by atoms with Gasteiger partial charge in [0.15, 0.2) is 0 Å². The van der Waals surface area contributed by atoms with Crippen LogP contribution in [0.3, 0.4) is 0 Å². The Morgan fingerprint density at radius 1 is 1.15 bits per heavy atom. The van der Waals surface area contributed by atoms with Gasteiger partial charge in [-0.05, 0) is 69.8 Å². The van der Waals surface area contributed by atoms with Crippen LogP contribution in [-0.4, -0.2) is 35.1 Å². The van der Waals surface area contributed by atoms with E-state index in [0.29, 0.717) is 5.69 Å². The zero-order valence-electron chi connectivity index (χ0n) is 16.4. The summed E-state index contributed by atoms with van der Waals surface area (Å²) >= 11 is 1.53. The van der Waals surface area contributed by atoms with Gasteiger partial charge < -0.3 is 15.7 Å². The zero-order valence-corrected chi connectivity index (χ0v) is 17.2. The summed E-state index contributed by atoms with van der Waals surface area (Å²) in [5.41, 5.74) is 0.632. The highest BCUT2D eigenvalue weighted by Crippen LogP contribution is 2.24. The molecule has 1 aliphatic rings. The average molecular weight is 394 g/mol. The lowest BCUT2D eigenvalue weighted by Crippen LogP contribution is -2.48. The minimum Gasteiger partial charge on any atom is -0.394 e. The van der Waals surface area contributed by atoms with Gasteiger partial charge in [-0.25, -0.2) is 0 Å². The SMILES string of the molecule is CC(C)(C)NSc1ccc(NC(=O)[C@H](CO)NC(=O)C2CCCCC2)cc1. The van der Waals surface area contributed by atoms with Gasteiger partial charge in [-0.15, -0.1) is 0 Å². The van der Waals surface area contributed by atoms with Gasteiger partial charge in [0.05, 0.1) is 6.61 Å². The molecule has 0 heterocycles. The highest BCUT2D eigenvalue weighted by atomic mass is 32.2. The van der Waals surface area contributed by atoms with Crippen molar-refractivity contribution in [3.63, 3.8) is 0 Å². The monoisotopic (exact) mass is 393 g/mol. The number of nitrogens with one attached hydrogen (secondary N) is 3. The first kappa shape index (κ1) is 21.7. The van der Waals surface area contributed by atoms with Gasteiger partial charge in [-0.3, -0.25) is 14.3 Å². The van der Waals surface area contributed by atoms with E-state index in [1.54, 1.807) is 0 Å². The Labute approximate surface area is 166 Å². The van der Waals surface area contributed by atoms with E-state index in [9.17, 15) is 14.7 Å². The van der Waals surface area contributed by atoms with Crippen molar-refractivity contribution in [2.45, 2.75) is 69.4 Å². The van der Waals surface area contributed by atoms with Gasteiger partial charge in [0.2, 0.25) is 11.8 Å². The van der Waals surface area contributed by atoms with E-state index < -0.39 is 18.6 Å².